The number of pyridine rings is 4. The minimum Gasteiger partial charge on any atom is -0.377 e. The average molecular weight is 1050 g/mol. The number of halogens is 8. The second kappa shape index (κ2) is 22.9. The van der Waals surface area contributed by atoms with Gasteiger partial charge in [0.05, 0.1) is 34.5 Å². The number of morpholine rings is 1. The Balaban J connectivity index is 0.000000288. The molecular formula is C37H45Cl8N5O7S3. The molecule has 1 aliphatic heterocycles. The van der Waals surface area contributed by atoms with Crippen LogP contribution in [0.25, 0.3) is 0 Å². The lowest BCUT2D eigenvalue weighted by Crippen LogP contribution is -2.45. The van der Waals surface area contributed by atoms with Gasteiger partial charge >= 0.3 is 0 Å². The molecule has 4 aromatic rings. The first kappa shape index (κ1) is 54.7. The van der Waals surface area contributed by atoms with Gasteiger partial charge in [-0.15, -0.1) is 11.6 Å². The first-order valence-corrected chi connectivity index (χ1v) is 26.5. The van der Waals surface area contributed by atoms with Crippen LogP contribution in [0.2, 0.25) is 36.1 Å². The highest BCUT2D eigenvalue weighted by Crippen LogP contribution is 2.34. The number of aromatic nitrogens is 4. The summed E-state index contributed by atoms with van der Waals surface area (Å²) in [5.41, 5.74) is 2.63. The van der Waals surface area contributed by atoms with Gasteiger partial charge < -0.3 is 9.64 Å². The molecule has 1 fully saturated rings. The van der Waals surface area contributed by atoms with E-state index in [-0.39, 0.29) is 32.4 Å². The second-order valence-corrected chi connectivity index (χ2v) is 24.6. The summed E-state index contributed by atoms with van der Waals surface area (Å²) in [7, 11) is -9.56. The van der Waals surface area contributed by atoms with Gasteiger partial charge in [0.25, 0.3) is 0 Å². The van der Waals surface area contributed by atoms with Gasteiger partial charge in [-0.05, 0) is 105 Å². The highest BCUT2D eigenvalue weighted by molar-refractivity contribution is 7.92. The molecule has 4 aromatic heterocycles. The zero-order valence-electron chi connectivity index (χ0n) is 33.8. The lowest BCUT2D eigenvalue weighted by atomic mass is 10.0. The third-order valence-electron chi connectivity index (χ3n) is 9.01. The van der Waals surface area contributed by atoms with Gasteiger partial charge in [-0.3, -0.25) is 0 Å². The molecule has 0 spiro atoms. The standard InChI is InChI=1S/C15H23ClN2O3S.C9H11Cl2NO2S.C7H7Cl2NO2S.C6H4Cl3N/c1-5-12-10-21-7-6-18(12)14-9-11(8-13(16)17-14)15(2,3)22(4,19)20;1-9(2,15(3,13)14)6-4-7(10)12-8(11)5-6;1-13(11,12)4-5-2-6(8)10-7(9)3-5;7-3-4-1-5(8)10-6(9)2-4/h8-9,12H,5-7,10H2,1-4H3;4-5H,1-3H3;2-3H,4H2,1H3;1-2H,3H2/t12-;;;/m0.../s1. The molecule has 60 heavy (non-hydrogen) atoms. The fraction of sp³-hybridized carbons (Fsp3) is 0.459. The summed E-state index contributed by atoms with van der Waals surface area (Å²) in [5, 5.41) is 1.85. The van der Waals surface area contributed by atoms with E-state index in [0.717, 1.165) is 30.6 Å². The summed E-state index contributed by atoms with van der Waals surface area (Å²) in [4.78, 5) is 17.8. The van der Waals surface area contributed by atoms with E-state index in [0.29, 0.717) is 51.2 Å². The Labute approximate surface area is 393 Å². The number of alkyl halides is 1. The Morgan fingerprint density at radius 2 is 0.983 bits per heavy atom. The van der Waals surface area contributed by atoms with Crippen molar-refractivity contribution in [1.82, 2.24) is 19.9 Å². The van der Waals surface area contributed by atoms with Crippen molar-refractivity contribution in [3.05, 3.63) is 107 Å². The van der Waals surface area contributed by atoms with Crippen molar-refractivity contribution in [2.45, 2.75) is 68.2 Å². The van der Waals surface area contributed by atoms with E-state index in [1.54, 1.807) is 45.9 Å². The fourth-order valence-electron chi connectivity index (χ4n) is 5.00. The van der Waals surface area contributed by atoms with Crippen LogP contribution in [0.15, 0.2) is 48.5 Å². The third-order valence-corrected chi connectivity index (χ3v) is 15.7. The Hall–Kier alpha value is -1.47. The molecule has 0 saturated carbocycles. The van der Waals surface area contributed by atoms with E-state index >= 15 is 0 Å². The molecule has 23 heteroatoms. The Kier molecular flexibility index (Phi) is 20.9. The van der Waals surface area contributed by atoms with Gasteiger partial charge in [0.2, 0.25) is 0 Å². The highest BCUT2D eigenvalue weighted by atomic mass is 35.5. The van der Waals surface area contributed by atoms with Crippen molar-refractivity contribution < 1.29 is 30.0 Å². The number of hydrogen-bond acceptors (Lipinski definition) is 12. The topological polar surface area (TPSA) is 166 Å². The number of anilines is 1. The lowest BCUT2D eigenvalue weighted by Gasteiger charge is -2.36. The van der Waals surface area contributed by atoms with Crippen molar-refractivity contribution in [2.24, 2.45) is 0 Å². The van der Waals surface area contributed by atoms with Gasteiger partial charge in [-0.25, -0.2) is 45.2 Å². The van der Waals surface area contributed by atoms with Crippen LogP contribution in [0.1, 0.15) is 63.3 Å². The summed E-state index contributed by atoms with van der Waals surface area (Å²) in [6.07, 6.45) is 4.49. The summed E-state index contributed by atoms with van der Waals surface area (Å²) in [6.45, 7) is 10.7. The molecule has 12 nitrogen and oxygen atoms in total. The van der Waals surface area contributed by atoms with E-state index in [1.807, 2.05) is 6.07 Å². The molecule has 5 rings (SSSR count). The van der Waals surface area contributed by atoms with Crippen molar-refractivity contribution >= 4 is 128 Å². The highest BCUT2D eigenvalue weighted by Gasteiger charge is 2.35. The second-order valence-electron chi connectivity index (χ2n) is 14.4. The van der Waals surface area contributed by atoms with Gasteiger partial charge in [0.1, 0.15) is 41.9 Å². The minimum atomic E-state index is -3.27. The molecule has 0 unspecified atom stereocenters. The van der Waals surface area contributed by atoms with Crippen LogP contribution in [0.4, 0.5) is 5.82 Å². The van der Waals surface area contributed by atoms with E-state index in [1.165, 1.54) is 36.8 Å². The molecule has 0 aromatic carbocycles. The zero-order chi connectivity index (χ0) is 46.0. The van der Waals surface area contributed by atoms with Gasteiger partial charge in [-0.2, -0.15) is 0 Å². The Morgan fingerprint density at radius 3 is 1.35 bits per heavy atom. The van der Waals surface area contributed by atoms with Crippen LogP contribution < -0.4 is 4.90 Å². The smallest absolute Gasteiger partial charge is 0.156 e. The van der Waals surface area contributed by atoms with Crippen LogP contribution in [0, 0.1) is 0 Å². The number of ether oxygens (including phenoxy) is 1. The predicted molar refractivity (Wildman–Crippen MR) is 248 cm³/mol. The van der Waals surface area contributed by atoms with E-state index in [4.69, 9.17) is 97.5 Å². The number of sulfone groups is 3. The third kappa shape index (κ3) is 17.2. The van der Waals surface area contributed by atoms with Gasteiger partial charge in [-0.1, -0.05) is 88.1 Å². The summed E-state index contributed by atoms with van der Waals surface area (Å²) in [6, 6.07) is 13.0. The van der Waals surface area contributed by atoms with Crippen LogP contribution in [-0.4, -0.2) is 89.8 Å². The molecule has 0 aliphatic carbocycles. The molecule has 1 atom stereocenters. The van der Waals surface area contributed by atoms with Crippen LogP contribution in [0.3, 0.4) is 0 Å². The molecule has 0 amide bonds. The molecule has 0 radical (unpaired) electrons. The molecule has 0 N–H and O–H groups in total. The first-order chi connectivity index (χ1) is 27.4. The molecule has 334 valence electrons. The SMILES string of the molecule is CC(C)(c1cc(Cl)nc(Cl)c1)S(C)(=O)=O.CC[C@H]1COCCN1c1cc(C(C)(C)S(C)(=O)=O)cc(Cl)n1.CS(=O)(=O)Cc1cc(Cl)nc(Cl)c1.ClCc1cc(Cl)nc(Cl)c1. The zero-order valence-corrected chi connectivity index (χ0v) is 42.3. The van der Waals surface area contributed by atoms with Crippen molar-refractivity contribution in [2.75, 3.05) is 43.4 Å². The lowest BCUT2D eigenvalue weighted by molar-refractivity contribution is 0.0925. The minimum absolute atomic E-state index is 0.0744. The molecule has 1 saturated heterocycles. The maximum absolute atomic E-state index is 12.1. The maximum atomic E-state index is 12.1. The molecule has 5 heterocycles. The number of nitrogens with zero attached hydrogens (tertiary/aromatic N) is 5. The molecular weight excluding hydrogens is 1010 g/mol. The van der Waals surface area contributed by atoms with E-state index in [9.17, 15) is 25.3 Å². The van der Waals surface area contributed by atoms with E-state index in [2.05, 4.69) is 31.8 Å². The molecule has 1 aliphatic rings. The monoisotopic (exact) mass is 1050 g/mol. The van der Waals surface area contributed by atoms with Crippen LogP contribution in [-0.2, 0) is 55.4 Å². The largest absolute Gasteiger partial charge is 0.377 e. The normalized spacial score (nSPS) is 14.8. The van der Waals surface area contributed by atoms with E-state index < -0.39 is 39.0 Å². The van der Waals surface area contributed by atoms with Gasteiger partial charge in [0.15, 0.2) is 29.5 Å². The first-order valence-electron chi connectivity index (χ1n) is 17.5. The van der Waals surface area contributed by atoms with Crippen LogP contribution >= 0.6 is 92.8 Å². The summed E-state index contributed by atoms with van der Waals surface area (Å²) in [5.74, 6) is 1.05. The maximum Gasteiger partial charge on any atom is 0.156 e. The molecule has 0 bridgehead atoms. The van der Waals surface area contributed by atoms with Crippen molar-refractivity contribution in [3.8, 4) is 0 Å². The average Bonchev–Trinajstić information content (AvgIpc) is 3.09. The van der Waals surface area contributed by atoms with Crippen LogP contribution in [0.5, 0.6) is 0 Å². The summed E-state index contributed by atoms with van der Waals surface area (Å²) >= 11 is 45.4. The van der Waals surface area contributed by atoms with Crippen molar-refractivity contribution in [1.29, 1.82) is 0 Å². The number of rotatable bonds is 9. The quantitative estimate of drug-likeness (QED) is 0.115. The number of hydrogen-bond donors (Lipinski definition) is 0. The fourth-order valence-corrected chi connectivity index (χ4v) is 8.70. The van der Waals surface area contributed by atoms with Gasteiger partial charge in [0, 0.05) is 31.2 Å². The predicted octanol–water partition coefficient (Wildman–Crippen LogP) is 10.4. The summed E-state index contributed by atoms with van der Waals surface area (Å²) < 4.78 is 72.6. The Bertz CT molecular complexity index is 2380. The Morgan fingerprint density at radius 1 is 0.617 bits per heavy atom. The van der Waals surface area contributed by atoms with Crippen molar-refractivity contribution in [3.63, 3.8) is 0 Å².